The van der Waals surface area contributed by atoms with Gasteiger partial charge in [-0.1, -0.05) is 170 Å². The number of benzene rings is 8. The lowest BCUT2D eigenvalue weighted by molar-refractivity contribution is 0.768. The van der Waals surface area contributed by atoms with Gasteiger partial charge in [0.25, 0.3) is 0 Å². The molecule has 10 rings (SSSR count). The van der Waals surface area contributed by atoms with E-state index in [9.17, 15) is 0 Å². The minimum atomic E-state index is -0.499. The zero-order valence-corrected chi connectivity index (χ0v) is 29.7. The molecule has 1 heterocycles. The molecule has 0 atom stereocenters. The van der Waals surface area contributed by atoms with E-state index in [2.05, 4.69) is 211 Å². The summed E-state index contributed by atoms with van der Waals surface area (Å²) in [5, 5.41) is 1.03. The second kappa shape index (κ2) is 12.9. The van der Waals surface area contributed by atoms with Crippen molar-refractivity contribution in [1.82, 2.24) is 4.98 Å². The van der Waals surface area contributed by atoms with Crippen molar-refractivity contribution in [1.29, 1.82) is 0 Å². The highest BCUT2D eigenvalue weighted by Gasteiger charge is 2.46. The zero-order valence-electron chi connectivity index (χ0n) is 28.9. The van der Waals surface area contributed by atoms with E-state index >= 15 is 0 Å². The van der Waals surface area contributed by atoms with Crippen LogP contribution in [0.3, 0.4) is 0 Å². The number of hydrogen-bond donors (Lipinski definition) is 0. The molecule has 3 heteroatoms. The highest BCUT2D eigenvalue weighted by atomic mass is 32.1. The van der Waals surface area contributed by atoms with Gasteiger partial charge in [0.05, 0.1) is 21.3 Å². The van der Waals surface area contributed by atoms with E-state index in [0.29, 0.717) is 0 Å². The number of fused-ring (bicyclic) bond motifs is 4. The Labute approximate surface area is 313 Å². The van der Waals surface area contributed by atoms with Gasteiger partial charge in [-0.15, -0.1) is 11.3 Å². The summed E-state index contributed by atoms with van der Waals surface area (Å²) in [6.07, 6.45) is 0. The summed E-state index contributed by atoms with van der Waals surface area (Å²) in [6, 6.07) is 74.7. The third kappa shape index (κ3) is 5.12. The first-order valence-corrected chi connectivity index (χ1v) is 18.9. The second-order valence-corrected chi connectivity index (χ2v) is 14.5. The average molecular weight is 695 g/mol. The summed E-state index contributed by atoms with van der Waals surface area (Å²) < 4.78 is 1.15. The minimum Gasteiger partial charge on any atom is -0.310 e. The Hall–Kier alpha value is -6.55. The molecule has 0 unspecified atom stereocenters. The van der Waals surface area contributed by atoms with Crippen molar-refractivity contribution in [3.63, 3.8) is 0 Å². The quantitative estimate of drug-likeness (QED) is 0.165. The average Bonchev–Trinajstić information content (AvgIpc) is 3.80. The molecule has 1 aliphatic carbocycles. The van der Waals surface area contributed by atoms with E-state index in [-0.39, 0.29) is 0 Å². The first-order chi connectivity index (χ1) is 26.3. The monoisotopic (exact) mass is 694 g/mol. The van der Waals surface area contributed by atoms with Crippen molar-refractivity contribution in [2.75, 3.05) is 4.90 Å². The molecule has 1 aromatic heterocycles. The number of para-hydroxylation sites is 1. The van der Waals surface area contributed by atoms with E-state index in [0.717, 1.165) is 37.8 Å². The number of hydrogen-bond acceptors (Lipinski definition) is 3. The molecule has 0 fully saturated rings. The van der Waals surface area contributed by atoms with Crippen LogP contribution in [-0.4, -0.2) is 4.98 Å². The van der Waals surface area contributed by atoms with Crippen LogP contribution in [0.15, 0.2) is 206 Å². The number of rotatable bonds is 7. The minimum absolute atomic E-state index is 0.499. The summed E-state index contributed by atoms with van der Waals surface area (Å²) in [4.78, 5) is 7.49. The molecule has 0 aliphatic heterocycles. The molecule has 0 saturated carbocycles. The fourth-order valence-electron chi connectivity index (χ4n) is 8.29. The molecule has 250 valence electrons. The number of aromatic nitrogens is 1. The molecule has 53 heavy (non-hydrogen) atoms. The Morgan fingerprint density at radius 3 is 1.64 bits per heavy atom. The standard InChI is InChI=1S/C50H34N2S/c1-5-17-35(18-6-1)41-25-14-16-28-47(41)52(40-30-32-46-48(34-40)53-49(51-46)36-19-7-2-8-20-36)39-29-31-43-42-26-13-15-27-44(42)50(45(43)33-39,37-21-9-3-10-22-37)38-23-11-4-12-24-38/h1-34H. The molecule has 9 aromatic rings. The fraction of sp³-hybridized carbons (Fsp3) is 0.0200. The van der Waals surface area contributed by atoms with Gasteiger partial charge in [-0.3, -0.25) is 0 Å². The van der Waals surface area contributed by atoms with E-state index in [4.69, 9.17) is 4.98 Å². The lowest BCUT2D eigenvalue weighted by Gasteiger charge is -2.35. The van der Waals surface area contributed by atoms with E-state index in [1.807, 2.05) is 0 Å². The van der Waals surface area contributed by atoms with Gasteiger partial charge in [0.1, 0.15) is 5.01 Å². The topological polar surface area (TPSA) is 16.1 Å². The van der Waals surface area contributed by atoms with Crippen LogP contribution in [0.1, 0.15) is 22.3 Å². The lowest BCUT2D eigenvalue weighted by atomic mass is 9.67. The molecule has 0 N–H and O–H groups in total. The van der Waals surface area contributed by atoms with Crippen LogP contribution in [0, 0.1) is 0 Å². The van der Waals surface area contributed by atoms with Crippen LogP contribution in [0.2, 0.25) is 0 Å². The van der Waals surface area contributed by atoms with E-state index < -0.39 is 5.41 Å². The first kappa shape index (κ1) is 31.2. The lowest BCUT2D eigenvalue weighted by Crippen LogP contribution is -2.28. The van der Waals surface area contributed by atoms with Gasteiger partial charge in [-0.05, 0) is 75.3 Å². The highest BCUT2D eigenvalue weighted by molar-refractivity contribution is 7.21. The largest absolute Gasteiger partial charge is 0.310 e. The number of nitrogens with zero attached hydrogens (tertiary/aromatic N) is 2. The molecule has 0 spiro atoms. The van der Waals surface area contributed by atoms with Gasteiger partial charge in [0.2, 0.25) is 0 Å². The molecule has 1 aliphatic rings. The van der Waals surface area contributed by atoms with Crippen LogP contribution in [0.4, 0.5) is 17.1 Å². The van der Waals surface area contributed by atoms with E-state index in [1.165, 1.54) is 44.5 Å². The van der Waals surface area contributed by atoms with Crippen LogP contribution < -0.4 is 4.90 Å². The maximum atomic E-state index is 5.05. The van der Waals surface area contributed by atoms with Gasteiger partial charge < -0.3 is 4.90 Å². The normalized spacial score (nSPS) is 12.7. The first-order valence-electron chi connectivity index (χ1n) is 18.0. The SMILES string of the molecule is c1ccc(-c2nc3ccc(N(c4ccc5c(c4)C(c4ccccc4)(c4ccccc4)c4ccccc4-5)c4ccccc4-c4ccccc4)cc3s2)cc1. The third-order valence-electron chi connectivity index (χ3n) is 10.6. The third-order valence-corrected chi connectivity index (χ3v) is 11.6. The molecule has 0 amide bonds. The predicted molar refractivity (Wildman–Crippen MR) is 222 cm³/mol. The van der Waals surface area contributed by atoms with Gasteiger partial charge in [-0.25, -0.2) is 4.98 Å². The summed E-state index contributed by atoms with van der Waals surface area (Å²) in [5.74, 6) is 0. The highest BCUT2D eigenvalue weighted by Crippen LogP contribution is 2.57. The van der Waals surface area contributed by atoms with Crippen LogP contribution in [-0.2, 0) is 5.41 Å². The van der Waals surface area contributed by atoms with Crippen LogP contribution >= 0.6 is 11.3 Å². The number of thiazole rings is 1. The summed E-state index contributed by atoms with van der Waals surface area (Å²) >= 11 is 1.74. The Kier molecular flexibility index (Phi) is 7.59. The molecule has 0 saturated heterocycles. The van der Waals surface area contributed by atoms with E-state index in [1.54, 1.807) is 11.3 Å². The molecular weight excluding hydrogens is 661 g/mol. The molecule has 0 bridgehead atoms. The molecule has 0 radical (unpaired) electrons. The van der Waals surface area contributed by atoms with Gasteiger partial charge in [-0.2, -0.15) is 0 Å². The Morgan fingerprint density at radius 2 is 0.943 bits per heavy atom. The van der Waals surface area contributed by atoms with Crippen molar-refractivity contribution < 1.29 is 0 Å². The van der Waals surface area contributed by atoms with Crippen molar-refractivity contribution in [3.8, 4) is 32.8 Å². The fourth-order valence-corrected chi connectivity index (χ4v) is 9.29. The summed E-state index contributed by atoms with van der Waals surface area (Å²) in [6.45, 7) is 0. The van der Waals surface area contributed by atoms with Gasteiger partial charge in [0, 0.05) is 22.5 Å². The summed E-state index contributed by atoms with van der Waals surface area (Å²) in [7, 11) is 0. The van der Waals surface area contributed by atoms with Crippen molar-refractivity contribution in [2.24, 2.45) is 0 Å². The maximum Gasteiger partial charge on any atom is 0.124 e. The Morgan fingerprint density at radius 1 is 0.415 bits per heavy atom. The zero-order chi connectivity index (χ0) is 35.2. The van der Waals surface area contributed by atoms with Gasteiger partial charge >= 0.3 is 0 Å². The van der Waals surface area contributed by atoms with Crippen molar-refractivity contribution in [3.05, 3.63) is 229 Å². The second-order valence-electron chi connectivity index (χ2n) is 13.5. The smallest absolute Gasteiger partial charge is 0.124 e. The Bertz CT molecular complexity index is 2680. The van der Waals surface area contributed by atoms with Crippen molar-refractivity contribution in [2.45, 2.75) is 5.41 Å². The molecule has 8 aromatic carbocycles. The molecular formula is C50H34N2S. The van der Waals surface area contributed by atoms with Gasteiger partial charge in [0.15, 0.2) is 0 Å². The predicted octanol–water partition coefficient (Wildman–Crippen LogP) is 13.5. The Balaban J connectivity index is 1.24. The number of anilines is 3. The van der Waals surface area contributed by atoms with Crippen molar-refractivity contribution >= 4 is 38.6 Å². The summed E-state index contributed by atoms with van der Waals surface area (Å²) in [5.41, 5.74) is 14.9. The van der Waals surface area contributed by atoms with Crippen LogP contribution in [0.25, 0.3) is 43.0 Å². The maximum absolute atomic E-state index is 5.05. The van der Waals surface area contributed by atoms with Crippen LogP contribution in [0.5, 0.6) is 0 Å². The molecule has 2 nitrogen and oxygen atoms in total.